The number of anilines is 1. The van der Waals surface area contributed by atoms with Crippen LogP contribution in [0.4, 0.5) is 5.69 Å². The van der Waals surface area contributed by atoms with Crippen molar-refractivity contribution in [3.8, 4) is 0 Å². The molecule has 1 fully saturated rings. The molecule has 1 aliphatic carbocycles. The molecule has 1 aliphatic rings. The van der Waals surface area contributed by atoms with E-state index in [1.807, 2.05) is 25.1 Å². The average Bonchev–Trinajstić information content (AvgIpc) is 3.19. The fraction of sp³-hybridized carbons (Fsp3) is 0.467. The molecule has 0 radical (unpaired) electrons. The molecule has 1 aromatic heterocycles. The first kappa shape index (κ1) is 13.0. The van der Waals surface area contributed by atoms with Crippen LogP contribution in [-0.4, -0.2) is 22.1 Å². The summed E-state index contributed by atoms with van der Waals surface area (Å²) in [5.74, 6) is 1.45. The number of carbonyl (C=O) groups excluding carboxylic acids is 1. The van der Waals surface area contributed by atoms with Crippen LogP contribution in [0.3, 0.4) is 0 Å². The van der Waals surface area contributed by atoms with E-state index in [1.54, 1.807) is 0 Å². The third kappa shape index (κ3) is 2.48. The average molecular weight is 273 g/mol. The standard InChI is InChI=1S/C15H19N3O2/c1-2-20-14(19)7-8-18-13-6-5-11(16)9-12(13)17-15(18)10-3-4-10/h5-6,9-10H,2-4,7-8,16H2,1H3. The monoisotopic (exact) mass is 273 g/mol. The minimum atomic E-state index is -0.161. The molecule has 0 bridgehead atoms. The van der Waals surface area contributed by atoms with Crippen molar-refractivity contribution < 1.29 is 9.53 Å². The summed E-state index contributed by atoms with van der Waals surface area (Å²) in [5, 5.41) is 0. The predicted octanol–water partition coefficient (Wildman–Crippen LogP) is 2.45. The van der Waals surface area contributed by atoms with Gasteiger partial charge in [-0.25, -0.2) is 4.98 Å². The molecule has 5 heteroatoms. The lowest BCUT2D eigenvalue weighted by Gasteiger charge is -2.08. The highest BCUT2D eigenvalue weighted by Gasteiger charge is 2.29. The Hall–Kier alpha value is -2.04. The number of ether oxygens (including phenoxy) is 1. The SMILES string of the molecule is CCOC(=O)CCn1c(C2CC2)nc2cc(N)ccc21. The third-order valence-corrected chi connectivity index (χ3v) is 3.59. The van der Waals surface area contributed by atoms with Gasteiger partial charge in [0.05, 0.1) is 24.1 Å². The van der Waals surface area contributed by atoms with E-state index in [1.165, 1.54) is 12.8 Å². The lowest BCUT2D eigenvalue weighted by atomic mass is 10.3. The van der Waals surface area contributed by atoms with Crippen molar-refractivity contribution in [3.05, 3.63) is 24.0 Å². The number of nitrogen functional groups attached to an aromatic ring is 1. The number of esters is 1. The zero-order chi connectivity index (χ0) is 14.1. The molecule has 20 heavy (non-hydrogen) atoms. The van der Waals surface area contributed by atoms with Gasteiger partial charge in [0.1, 0.15) is 5.82 Å². The van der Waals surface area contributed by atoms with Crippen LogP contribution in [-0.2, 0) is 16.1 Å². The zero-order valence-corrected chi connectivity index (χ0v) is 11.6. The van der Waals surface area contributed by atoms with E-state index in [4.69, 9.17) is 15.5 Å². The summed E-state index contributed by atoms with van der Waals surface area (Å²) >= 11 is 0. The number of nitrogens with zero attached hydrogens (tertiary/aromatic N) is 2. The Morgan fingerprint density at radius 2 is 2.30 bits per heavy atom. The minimum Gasteiger partial charge on any atom is -0.466 e. The van der Waals surface area contributed by atoms with Crippen LogP contribution < -0.4 is 5.73 Å². The lowest BCUT2D eigenvalue weighted by Crippen LogP contribution is -2.10. The van der Waals surface area contributed by atoms with Crippen LogP contribution in [0.2, 0.25) is 0 Å². The van der Waals surface area contributed by atoms with Crippen LogP contribution >= 0.6 is 0 Å². The molecule has 2 N–H and O–H groups in total. The predicted molar refractivity (Wildman–Crippen MR) is 77.4 cm³/mol. The fourth-order valence-electron chi connectivity index (χ4n) is 2.49. The summed E-state index contributed by atoms with van der Waals surface area (Å²) < 4.78 is 7.14. The molecule has 5 nitrogen and oxygen atoms in total. The number of aromatic nitrogens is 2. The number of aryl methyl sites for hydroxylation is 1. The molecule has 0 amide bonds. The van der Waals surface area contributed by atoms with Gasteiger partial charge in [0.25, 0.3) is 0 Å². The summed E-state index contributed by atoms with van der Waals surface area (Å²) in [6.45, 7) is 2.86. The Labute approximate surface area is 117 Å². The minimum absolute atomic E-state index is 0.161. The lowest BCUT2D eigenvalue weighted by molar-refractivity contribution is -0.143. The van der Waals surface area contributed by atoms with Gasteiger partial charge >= 0.3 is 5.97 Å². The van der Waals surface area contributed by atoms with E-state index >= 15 is 0 Å². The number of benzene rings is 1. The first-order valence-corrected chi connectivity index (χ1v) is 7.10. The number of hydrogen-bond acceptors (Lipinski definition) is 4. The highest BCUT2D eigenvalue weighted by Crippen LogP contribution is 2.40. The van der Waals surface area contributed by atoms with E-state index < -0.39 is 0 Å². The molecule has 1 saturated carbocycles. The van der Waals surface area contributed by atoms with E-state index in [0.29, 0.717) is 25.5 Å². The third-order valence-electron chi connectivity index (χ3n) is 3.59. The van der Waals surface area contributed by atoms with Crippen molar-refractivity contribution in [2.75, 3.05) is 12.3 Å². The molecule has 3 rings (SSSR count). The Bertz CT molecular complexity index is 644. The van der Waals surface area contributed by atoms with Gasteiger partial charge < -0.3 is 15.0 Å². The highest BCUT2D eigenvalue weighted by atomic mass is 16.5. The van der Waals surface area contributed by atoms with Crippen molar-refractivity contribution in [3.63, 3.8) is 0 Å². The smallest absolute Gasteiger partial charge is 0.307 e. The van der Waals surface area contributed by atoms with Crippen molar-refractivity contribution in [2.45, 2.75) is 38.6 Å². The van der Waals surface area contributed by atoms with Crippen molar-refractivity contribution in [1.82, 2.24) is 9.55 Å². The number of imidazole rings is 1. The molecule has 106 valence electrons. The second-order valence-corrected chi connectivity index (χ2v) is 5.20. The fourth-order valence-corrected chi connectivity index (χ4v) is 2.49. The molecule has 2 aromatic rings. The highest BCUT2D eigenvalue weighted by molar-refractivity contribution is 5.80. The normalized spacial score (nSPS) is 14.7. The maximum atomic E-state index is 11.5. The molecule has 0 saturated heterocycles. The largest absolute Gasteiger partial charge is 0.466 e. The molecular weight excluding hydrogens is 254 g/mol. The summed E-state index contributed by atoms with van der Waals surface area (Å²) in [6, 6.07) is 5.75. The van der Waals surface area contributed by atoms with Crippen molar-refractivity contribution in [1.29, 1.82) is 0 Å². The molecule has 1 aromatic carbocycles. The molecule has 0 spiro atoms. The summed E-state index contributed by atoms with van der Waals surface area (Å²) in [6.07, 6.45) is 2.74. The van der Waals surface area contributed by atoms with E-state index in [9.17, 15) is 4.79 Å². The molecule has 0 atom stereocenters. The Balaban J connectivity index is 1.90. The maximum absolute atomic E-state index is 11.5. The number of hydrogen-bond donors (Lipinski definition) is 1. The quantitative estimate of drug-likeness (QED) is 0.671. The summed E-state index contributed by atoms with van der Waals surface area (Å²) in [4.78, 5) is 16.2. The van der Waals surface area contributed by atoms with Gasteiger partial charge in [-0.1, -0.05) is 0 Å². The first-order chi connectivity index (χ1) is 9.69. The zero-order valence-electron chi connectivity index (χ0n) is 11.6. The van der Waals surface area contributed by atoms with Crippen LogP contribution in [0, 0.1) is 0 Å². The maximum Gasteiger partial charge on any atom is 0.307 e. The van der Waals surface area contributed by atoms with Crippen LogP contribution in [0.25, 0.3) is 11.0 Å². The van der Waals surface area contributed by atoms with E-state index in [-0.39, 0.29) is 5.97 Å². The number of nitrogens with two attached hydrogens (primary N) is 1. The summed E-state index contributed by atoms with van der Waals surface area (Å²) in [5.41, 5.74) is 8.49. The van der Waals surface area contributed by atoms with Crippen molar-refractivity contribution >= 4 is 22.7 Å². The first-order valence-electron chi connectivity index (χ1n) is 7.10. The van der Waals surface area contributed by atoms with Gasteiger partial charge in [0, 0.05) is 18.2 Å². The Morgan fingerprint density at radius 1 is 1.50 bits per heavy atom. The van der Waals surface area contributed by atoms with Crippen LogP contribution in [0.5, 0.6) is 0 Å². The van der Waals surface area contributed by atoms with Gasteiger partial charge in [-0.05, 0) is 38.0 Å². The van der Waals surface area contributed by atoms with E-state index in [0.717, 1.165) is 22.5 Å². The number of rotatable bonds is 5. The van der Waals surface area contributed by atoms with Crippen molar-refractivity contribution in [2.24, 2.45) is 0 Å². The van der Waals surface area contributed by atoms with Gasteiger partial charge in [-0.2, -0.15) is 0 Å². The molecule has 0 unspecified atom stereocenters. The second-order valence-electron chi connectivity index (χ2n) is 5.20. The number of fused-ring (bicyclic) bond motifs is 1. The van der Waals surface area contributed by atoms with Gasteiger partial charge in [-0.3, -0.25) is 4.79 Å². The second kappa shape index (κ2) is 5.15. The van der Waals surface area contributed by atoms with Gasteiger partial charge in [0.15, 0.2) is 0 Å². The molecule has 1 heterocycles. The summed E-state index contributed by atoms with van der Waals surface area (Å²) in [7, 11) is 0. The van der Waals surface area contributed by atoms with Gasteiger partial charge in [-0.15, -0.1) is 0 Å². The van der Waals surface area contributed by atoms with Crippen LogP contribution in [0.1, 0.15) is 37.9 Å². The molecule has 0 aliphatic heterocycles. The Kier molecular flexibility index (Phi) is 3.34. The molecular formula is C15H19N3O2. The topological polar surface area (TPSA) is 70.1 Å². The van der Waals surface area contributed by atoms with Gasteiger partial charge in [0.2, 0.25) is 0 Å². The van der Waals surface area contributed by atoms with Crippen LogP contribution in [0.15, 0.2) is 18.2 Å². The number of carbonyl (C=O) groups is 1. The van der Waals surface area contributed by atoms with E-state index in [2.05, 4.69) is 4.57 Å². The Morgan fingerprint density at radius 3 is 3.00 bits per heavy atom.